The molecular formula is C28H52N5O7P. The molecule has 0 saturated carbocycles. The van der Waals surface area contributed by atoms with E-state index in [0.29, 0.717) is 17.9 Å². The zero-order valence-corrected chi connectivity index (χ0v) is 26.0. The van der Waals surface area contributed by atoms with Gasteiger partial charge in [0.2, 0.25) is 0 Å². The average molecular weight is 602 g/mol. The van der Waals surface area contributed by atoms with Crippen molar-refractivity contribution in [3.63, 3.8) is 0 Å². The van der Waals surface area contributed by atoms with E-state index in [1.54, 1.807) is 6.20 Å². The van der Waals surface area contributed by atoms with Crippen LogP contribution in [0.3, 0.4) is 0 Å². The molecule has 0 aliphatic rings. The number of rotatable bonds is 16. The summed E-state index contributed by atoms with van der Waals surface area (Å²) in [6.07, 6.45) is 12.7. The third-order valence-corrected chi connectivity index (χ3v) is 6.38. The number of unbranched alkanes of at least 4 members (excludes halogenated alkanes) is 4. The molecule has 0 bridgehead atoms. The lowest BCUT2D eigenvalue weighted by Gasteiger charge is -2.39. The van der Waals surface area contributed by atoms with Gasteiger partial charge in [-0.3, -0.25) is 19.7 Å². The fourth-order valence-corrected chi connectivity index (χ4v) is 4.14. The van der Waals surface area contributed by atoms with Crippen LogP contribution in [0.15, 0.2) is 42.6 Å². The molecule has 1 aromatic carbocycles. The van der Waals surface area contributed by atoms with Gasteiger partial charge in [-0.1, -0.05) is 59.4 Å². The van der Waals surface area contributed by atoms with Crippen molar-refractivity contribution >= 4 is 24.9 Å². The quantitative estimate of drug-likeness (QED) is 0.0684. The molecule has 7 N–H and O–H groups in total. The number of nitrogens with zero attached hydrogens (tertiary/aromatic N) is 3. The number of non-ortho nitro benzene ring substituents is 1. The first-order chi connectivity index (χ1) is 18.9. The van der Waals surface area contributed by atoms with Crippen molar-refractivity contribution in [1.82, 2.24) is 4.98 Å². The minimum Gasteiger partial charge on any atom is -0.756 e. The molecule has 0 aliphatic heterocycles. The zero-order valence-electron chi connectivity index (χ0n) is 25.1. The Morgan fingerprint density at radius 1 is 0.927 bits per heavy atom. The molecule has 2 aromatic rings. The summed E-state index contributed by atoms with van der Waals surface area (Å²) in [6.45, 7) is 15.5. The van der Waals surface area contributed by atoms with Crippen LogP contribution in [0.5, 0.6) is 0 Å². The number of aromatic nitrogens is 1. The smallest absolute Gasteiger partial charge is 0.271 e. The van der Waals surface area contributed by atoms with Crippen molar-refractivity contribution in [1.29, 1.82) is 0 Å². The second kappa shape index (κ2) is 23.0. The highest BCUT2D eigenvalue weighted by Gasteiger charge is 2.24. The lowest BCUT2D eigenvalue weighted by Crippen LogP contribution is -2.50. The van der Waals surface area contributed by atoms with Gasteiger partial charge in [0.15, 0.2) is 0 Å². The normalized spacial score (nSPS) is 10.8. The molecule has 0 radical (unpaired) electrons. The molecule has 0 saturated heterocycles. The second-order valence-electron chi connectivity index (χ2n) is 9.84. The van der Waals surface area contributed by atoms with Crippen molar-refractivity contribution in [3.8, 4) is 0 Å². The fourth-order valence-electron chi connectivity index (χ4n) is 4.14. The van der Waals surface area contributed by atoms with Crippen LogP contribution < -0.4 is 15.9 Å². The lowest BCUT2D eigenvalue weighted by atomic mass is 10.1. The summed E-state index contributed by atoms with van der Waals surface area (Å²) in [6, 6.07) is 9.87. The number of anilines is 2. The Balaban J connectivity index is 0. The molecule has 0 fully saturated rings. The van der Waals surface area contributed by atoms with Crippen molar-refractivity contribution in [2.75, 3.05) is 37.2 Å². The first-order valence-electron chi connectivity index (χ1n) is 14.2. The SMILES string of the molecule is CCCC[N+](CCCC)(CCCC)CCCC.Nc1ccc([N+](=O)[O-])cc1NCc1ccccn1.O.O=P([O-])(O)O. The molecule has 0 spiro atoms. The highest BCUT2D eigenvalue weighted by Crippen LogP contribution is 2.24. The molecule has 0 amide bonds. The van der Waals surface area contributed by atoms with Gasteiger partial charge in [-0.2, -0.15) is 0 Å². The van der Waals surface area contributed by atoms with Gasteiger partial charge in [0.05, 0.1) is 54.7 Å². The Bertz CT molecular complexity index is 947. The molecule has 2 rings (SSSR count). The molecule has 0 unspecified atom stereocenters. The zero-order chi connectivity index (χ0) is 30.4. The number of hydrogen-bond donors (Lipinski definition) is 4. The van der Waals surface area contributed by atoms with E-state index in [9.17, 15) is 10.1 Å². The van der Waals surface area contributed by atoms with Gasteiger partial charge in [0.1, 0.15) is 0 Å². The number of nitrogens with one attached hydrogen (secondary N) is 1. The van der Waals surface area contributed by atoms with Crippen LogP contribution in [0.1, 0.15) is 84.8 Å². The van der Waals surface area contributed by atoms with E-state index in [0.717, 1.165) is 5.69 Å². The van der Waals surface area contributed by atoms with Gasteiger partial charge in [-0.15, -0.1) is 0 Å². The number of nitro benzene ring substituents is 1. The van der Waals surface area contributed by atoms with Crippen molar-refractivity contribution in [2.24, 2.45) is 0 Å². The summed E-state index contributed by atoms with van der Waals surface area (Å²) < 4.78 is 10.2. The first kappa shape index (κ1) is 40.5. The summed E-state index contributed by atoms with van der Waals surface area (Å²) in [4.78, 5) is 37.3. The largest absolute Gasteiger partial charge is 0.756 e. The van der Waals surface area contributed by atoms with Crippen LogP contribution in [-0.4, -0.2) is 55.8 Å². The first-order valence-corrected chi connectivity index (χ1v) is 15.7. The van der Waals surface area contributed by atoms with Gasteiger partial charge < -0.3 is 35.7 Å². The number of quaternary nitrogens is 1. The summed E-state index contributed by atoms with van der Waals surface area (Å²) in [7, 11) is -4.89. The van der Waals surface area contributed by atoms with Gasteiger partial charge in [0.25, 0.3) is 13.5 Å². The molecule has 0 atom stereocenters. The standard InChI is InChI=1S/C16H36N.C12H12N4O2.H3O4P.H2O/c1-5-9-13-17(14-10-6-2,15-11-7-3)16-12-8-4;13-11-5-4-10(16(17)18)7-12(11)15-8-9-3-1-2-6-14-9;1-5(2,3)4;/h5-16H2,1-4H3;1-7,15H,8,13H2;(H3,1,2,3,4);1H2/q+1;;;/p-1. The van der Waals surface area contributed by atoms with Crippen LogP contribution in [-0.2, 0) is 11.1 Å². The van der Waals surface area contributed by atoms with Crippen molar-refractivity contribution in [2.45, 2.75) is 85.6 Å². The molecule has 1 heterocycles. The monoisotopic (exact) mass is 601 g/mol. The van der Waals surface area contributed by atoms with Crippen molar-refractivity contribution < 1.29 is 34.1 Å². The maximum absolute atomic E-state index is 10.7. The highest BCUT2D eigenvalue weighted by molar-refractivity contribution is 7.43. The predicted octanol–water partition coefficient (Wildman–Crippen LogP) is 4.80. The van der Waals surface area contributed by atoms with E-state index in [4.69, 9.17) is 25.0 Å². The number of hydrogen-bond acceptors (Lipinski definition) is 7. The highest BCUT2D eigenvalue weighted by atomic mass is 31.2. The van der Waals surface area contributed by atoms with Gasteiger partial charge in [-0.05, 0) is 43.9 Å². The van der Waals surface area contributed by atoms with Gasteiger partial charge in [-0.25, -0.2) is 0 Å². The molecular weight excluding hydrogens is 549 g/mol. The van der Waals surface area contributed by atoms with E-state index in [1.165, 1.54) is 100 Å². The van der Waals surface area contributed by atoms with Crippen LogP contribution in [0.2, 0.25) is 0 Å². The number of pyridine rings is 1. The Kier molecular flexibility index (Phi) is 22.8. The minimum absolute atomic E-state index is 0. The van der Waals surface area contributed by atoms with Crippen LogP contribution in [0, 0.1) is 10.1 Å². The topological polar surface area (TPSA) is 206 Å². The average Bonchev–Trinajstić information content (AvgIpc) is 2.91. The van der Waals surface area contributed by atoms with E-state index in [-0.39, 0.29) is 11.2 Å². The number of phosphoric acid groups is 1. The Morgan fingerprint density at radius 2 is 1.39 bits per heavy atom. The molecule has 236 valence electrons. The number of benzene rings is 1. The van der Waals surface area contributed by atoms with Crippen LogP contribution in [0.25, 0.3) is 0 Å². The van der Waals surface area contributed by atoms with E-state index >= 15 is 0 Å². The van der Waals surface area contributed by atoms with Crippen LogP contribution >= 0.6 is 7.82 Å². The molecule has 12 nitrogen and oxygen atoms in total. The molecule has 41 heavy (non-hydrogen) atoms. The Morgan fingerprint density at radius 3 is 1.76 bits per heavy atom. The van der Waals surface area contributed by atoms with Gasteiger partial charge in [0, 0.05) is 18.3 Å². The van der Waals surface area contributed by atoms with Gasteiger partial charge >= 0.3 is 0 Å². The number of nitrogen functional groups attached to an aromatic ring is 1. The van der Waals surface area contributed by atoms with E-state index in [2.05, 4.69) is 38.0 Å². The summed E-state index contributed by atoms with van der Waals surface area (Å²) in [5.74, 6) is 0. The third-order valence-electron chi connectivity index (χ3n) is 6.38. The summed E-state index contributed by atoms with van der Waals surface area (Å²) in [5, 5.41) is 13.7. The van der Waals surface area contributed by atoms with Crippen LogP contribution in [0.4, 0.5) is 17.1 Å². The Labute approximate surface area is 245 Å². The third kappa shape index (κ3) is 20.9. The second-order valence-corrected chi connectivity index (χ2v) is 10.8. The molecule has 1 aromatic heterocycles. The minimum atomic E-state index is -4.89. The maximum atomic E-state index is 10.7. The molecule has 13 heteroatoms. The fraction of sp³-hybridized carbons (Fsp3) is 0.607. The Hall–Kier alpha value is -2.60. The molecule has 0 aliphatic carbocycles. The predicted molar refractivity (Wildman–Crippen MR) is 164 cm³/mol. The van der Waals surface area contributed by atoms with E-state index in [1.807, 2.05) is 18.2 Å². The number of nitrogens with two attached hydrogens (primary N) is 1. The van der Waals surface area contributed by atoms with E-state index < -0.39 is 12.7 Å². The maximum Gasteiger partial charge on any atom is 0.271 e. The number of nitro groups is 1. The van der Waals surface area contributed by atoms with Crippen molar-refractivity contribution in [3.05, 3.63) is 58.4 Å². The summed E-state index contributed by atoms with van der Waals surface area (Å²) >= 11 is 0. The summed E-state index contributed by atoms with van der Waals surface area (Å²) in [5.41, 5.74) is 7.60. The lowest BCUT2D eigenvalue weighted by molar-refractivity contribution is -0.929.